The molecule has 2 aromatic rings. The molecule has 3 heterocycles. The first-order valence-electron chi connectivity index (χ1n) is 11.6. The molecule has 180 valence electrons. The van der Waals surface area contributed by atoms with Gasteiger partial charge in [0, 0.05) is 32.2 Å². The number of halogens is 1. The molecular formula is C24H33ClN4O3S. The molecule has 33 heavy (non-hydrogen) atoms. The van der Waals surface area contributed by atoms with Crippen LogP contribution in [0.4, 0.5) is 5.82 Å². The van der Waals surface area contributed by atoms with Crippen molar-refractivity contribution < 1.29 is 13.2 Å². The number of ether oxygens (including phenoxy) is 1. The van der Waals surface area contributed by atoms with E-state index in [1.807, 2.05) is 24.3 Å². The lowest BCUT2D eigenvalue weighted by atomic mass is 9.91. The van der Waals surface area contributed by atoms with Crippen molar-refractivity contribution in [1.82, 2.24) is 14.9 Å². The largest absolute Gasteiger partial charge is 0.377 e. The van der Waals surface area contributed by atoms with Crippen LogP contribution in [0, 0.1) is 0 Å². The molecule has 2 aliphatic rings. The zero-order chi connectivity index (χ0) is 23.6. The van der Waals surface area contributed by atoms with E-state index in [4.69, 9.17) is 16.3 Å². The first-order valence-corrected chi connectivity index (χ1v) is 13.5. The summed E-state index contributed by atoms with van der Waals surface area (Å²) in [6, 6.07) is 12.3. The molecule has 4 rings (SSSR count). The Hall–Kier alpha value is -1.74. The summed E-state index contributed by atoms with van der Waals surface area (Å²) in [6.07, 6.45) is 0.956. The van der Waals surface area contributed by atoms with Crippen LogP contribution >= 0.6 is 11.6 Å². The Morgan fingerprint density at radius 1 is 1.15 bits per heavy atom. The van der Waals surface area contributed by atoms with E-state index < -0.39 is 19.8 Å². The molecule has 2 aliphatic heterocycles. The number of rotatable bonds is 6. The molecule has 0 N–H and O–H groups in total. The van der Waals surface area contributed by atoms with Crippen molar-refractivity contribution in [1.29, 1.82) is 0 Å². The molecule has 0 spiro atoms. The molecule has 0 bridgehead atoms. The van der Waals surface area contributed by atoms with Crippen LogP contribution in [0.25, 0.3) is 0 Å². The van der Waals surface area contributed by atoms with E-state index in [1.54, 1.807) is 13.8 Å². The summed E-state index contributed by atoms with van der Waals surface area (Å²) in [7, 11) is -3.51. The number of hydrogen-bond acceptors (Lipinski definition) is 7. The van der Waals surface area contributed by atoms with Gasteiger partial charge in [-0.1, -0.05) is 30.3 Å². The van der Waals surface area contributed by atoms with Crippen molar-refractivity contribution >= 4 is 27.3 Å². The van der Waals surface area contributed by atoms with E-state index >= 15 is 0 Å². The van der Waals surface area contributed by atoms with Gasteiger partial charge in [-0.05, 0) is 50.8 Å². The van der Waals surface area contributed by atoms with Crippen molar-refractivity contribution in [3.63, 3.8) is 0 Å². The Balaban J connectivity index is 1.68. The minimum absolute atomic E-state index is 0.0891. The number of morpholine rings is 1. The van der Waals surface area contributed by atoms with Gasteiger partial charge in [-0.25, -0.2) is 18.4 Å². The average molecular weight is 493 g/mol. The van der Waals surface area contributed by atoms with Crippen LogP contribution in [0.5, 0.6) is 0 Å². The molecule has 2 fully saturated rings. The van der Waals surface area contributed by atoms with E-state index in [0.717, 1.165) is 6.54 Å². The third-order valence-electron chi connectivity index (χ3n) is 6.89. The summed E-state index contributed by atoms with van der Waals surface area (Å²) in [5, 5.41) is -0.427. The number of benzene rings is 1. The summed E-state index contributed by atoms with van der Waals surface area (Å²) in [5.74, 6) is 0.672. The van der Waals surface area contributed by atoms with Crippen LogP contribution in [-0.2, 0) is 25.9 Å². The van der Waals surface area contributed by atoms with Gasteiger partial charge in [-0.3, -0.25) is 4.90 Å². The molecule has 0 amide bonds. The Morgan fingerprint density at radius 3 is 2.48 bits per heavy atom. The predicted molar refractivity (Wildman–Crippen MR) is 131 cm³/mol. The molecule has 0 radical (unpaired) electrons. The molecular weight excluding hydrogens is 460 g/mol. The van der Waals surface area contributed by atoms with Crippen LogP contribution in [0.15, 0.2) is 36.4 Å². The highest BCUT2D eigenvalue weighted by Gasteiger charge is 2.50. The first-order chi connectivity index (χ1) is 15.7. The minimum Gasteiger partial charge on any atom is -0.377 e. The van der Waals surface area contributed by atoms with Crippen LogP contribution < -0.4 is 4.90 Å². The number of nitrogens with zero attached hydrogens (tertiary/aromatic N) is 4. The highest BCUT2D eigenvalue weighted by atomic mass is 35.5. The molecule has 1 atom stereocenters. The molecule has 1 aromatic carbocycles. The van der Waals surface area contributed by atoms with E-state index in [1.165, 1.54) is 5.56 Å². The number of piperidine rings is 1. The highest BCUT2D eigenvalue weighted by Crippen LogP contribution is 2.43. The van der Waals surface area contributed by atoms with Gasteiger partial charge >= 0.3 is 0 Å². The first kappa shape index (κ1) is 24.4. The van der Waals surface area contributed by atoms with Crippen molar-refractivity contribution in [2.75, 3.05) is 37.7 Å². The van der Waals surface area contributed by atoms with E-state index in [0.29, 0.717) is 57.2 Å². The lowest BCUT2D eigenvalue weighted by Crippen LogP contribution is -2.50. The topological polar surface area (TPSA) is 75.6 Å². The molecule has 1 aromatic heterocycles. The van der Waals surface area contributed by atoms with Crippen molar-refractivity contribution in [2.24, 2.45) is 0 Å². The second-order valence-electron chi connectivity index (χ2n) is 9.35. The number of likely N-dealkylation sites (tertiary alicyclic amines) is 1. The normalized spacial score (nSPS) is 22.0. The van der Waals surface area contributed by atoms with Gasteiger partial charge in [-0.2, -0.15) is 0 Å². The van der Waals surface area contributed by atoms with Crippen molar-refractivity contribution in [3.05, 3.63) is 52.9 Å². The number of hydrogen-bond donors (Lipinski definition) is 0. The molecule has 9 heteroatoms. The van der Waals surface area contributed by atoms with Crippen LogP contribution in [-0.4, -0.2) is 67.4 Å². The smallest absolute Gasteiger partial charge is 0.224 e. The number of aromatic nitrogens is 2. The monoisotopic (exact) mass is 492 g/mol. The third-order valence-corrected chi connectivity index (χ3v) is 10.0. The zero-order valence-electron chi connectivity index (χ0n) is 19.6. The van der Waals surface area contributed by atoms with E-state index in [-0.39, 0.29) is 11.3 Å². The second kappa shape index (κ2) is 9.86. The van der Waals surface area contributed by atoms with Gasteiger partial charge in [0.15, 0.2) is 9.84 Å². The zero-order valence-corrected chi connectivity index (χ0v) is 21.1. The van der Waals surface area contributed by atoms with Gasteiger partial charge in [0.05, 0.1) is 30.2 Å². The number of anilines is 1. The third kappa shape index (κ3) is 4.90. The molecule has 7 nitrogen and oxygen atoms in total. The Labute approximate surface area is 202 Å². The highest BCUT2D eigenvalue weighted by molar-refractivity contribution is 7.92. The summed E-state index contributed by atoms with van der Waals surface area (Å²) in [6.45, 7) is 9.60. The van der Waals surface area contributed by atoms with Crippen LogP contribution in [0.2, 0.25) is 5.28 Å². The fraction of sp³-hybridized carbons (Fsp3) is 0.583. The molecule has 1 unspecified atom stereocenters. The van der Waals surface area contributed by atoms with Gasteiger partial charge in [0.1, 0.15) is 10.6 Å². The van der Waals surface area contributed by atoms with Gasteiger partial charge in [-0.15, -0.1) is 0 Å². The van der Waals surface area contributed by atoms with E-state index in [9.17, 15) is 8.42 Å². The molecule has 2 saturated heterocycles. The lowest BCUT2D eigenvalue weighted by molar-refractivity contribution is 0.0985. The maximum Gasteiger partial charge on any atom is 0.224 e. The van der Waals surface area contributed by atoms with Crippen LogP contribution in [0.1, 0.15) is 44.9 Å². The maximum absolute atomic E-state index is 13.8. The Kier molecular flexibility index (Phi) is 7.29. The standard InChI is InChI=1S/C24H33ClN4O3S/c1-18(2)33(30,31)24(9-11-28(12-10-24)16-20-7-5-4-6-8-20)21-15-22(27-23(25)26-21)29-13-14-32-17-19(29)3/h4-8,15,18-19H,9-14,16-17H2,1-3H3. The molecule has 0 aliphatic carbocycles. The summed E-state index contributed by atoms with van der Waals surface area (Å²) in [4.78, 5) is 13.4. The fourth-order valence-corrected chi connectivity index (χ4v) is 7.13. The van der Waals surface area contributed by atoms with Crippen LogP contribution in [0.3, 0.4) is 0 Å². The minimum atomic E-state index is -3.51. The van der Waals surface area contributed by atoms with Crippen molar-refractivity contribution in [2.45, 2.75) is 56.2 Å². The quantitative estimate of drug-likeness (QED) is 0.569. The summed E-state index contributed by atoms with van der Waals surface area (Å²) in [5.41, 5.74) is 1.75. The van der Waals surface area contributed by atoms with Crippen molar-refractivity contribution in [3.8, 4) is 0 Å². The SMILES string of the molecule is CC1COCCN1c1cc(C2(S(=O)(=O)C(C)C)CCN(Cc3ccccc3)CC2)nc(Cl)n1. The summed E-state index contributed by atoms with van der Waals surface area (Å²) >= 11 is 6.38. The summed E-state index contributed by atoms with van der Waals surface area (Å²) < 4.78 is 32.0. The Morgan fingerprint density at radius 2 is 1.85 bits per heavy atom. The fourth-order valence-electron chi connectivity index (χ4n) is 4.91. The maximum atomic E-state index is 13.8. The predicted octanol–water partition coefficient (Wildman–Crippen LogP) is 3.67. The second-order valence-corrected chi connectivity index (χ2v) is 12.5. The molecule has 0 saturated carbocycles. The number of sulfone groups is 1. The van der Waals surface area contributed by atoms with Gasteiger partial charge in [0.25, 0.3) is 0 Å². The van der Waals surface area contributed by atoms with Gasteiger partial charge < -0.3 is 9.64 Å². The lowest BCUT2D eigenvalue weighted by Gasteiger charge is -2.42. The average Bonchev–Trinajstić information content (AvgIpc) is 2.80. The van der Waals surface area contributed by atoms with Gasteiger partial charge in [0.2, 0.25) is 5.28 Å². The van der Waals surface area contributed by atoms with E-state index in [2.05, 4.69) is 38.8 Å². The Bertz CT molecular complexity index is 1060.